The van der Waals surface area contributed by atoms with Gasteiger partial charge in [0.25, 0.3) is 0 Å². The maximum absolute atomic E-state index is 4.19. The standard InChI is InChI=1S/C13H23N5/c1-2-17-10-15-16-13(17)9-14-11-6-8-18-7-4-3-5-12(11)18/h10-12,14H,2-9H2,1H3. The SMILES string of the molecule is CCn1cnnc1CNC1CCN2CCCCC12. The normalized spacial score (nSPS) is 28.5. The van der Waals surface area contributed by atoms with Gasteiger partial charge in [-0.1, -0.05) is 6.42 Å². The summed E-state index contributed by atoms with van der Waals surface area (Å²) >= 11 is 0. The first kappa shape index (κ1) is 12.1. The number of aryl methyl sites for hydroxylation is 1. The number of aromatic nitrogens is 3. The van der Waals surface area contributed by atoms with Crippen molar-refractivity contribution in [1.82, 2.24) is 25.0 Å². The van der Waals surface area contributed by atoms with Crippen LogP contribution in [0.5, 0.6) is 0 Å². The summed E-state index contributed by atoms with van der Waals surface area (Å²) in [5, 5.41) is 11.9. The van der Waals surface area contributed by atoms with E-state index in [0.717, 1.165) is 25.0 Å². The molecule has 0 aliphatic carbocycles. The number of piperidine rings is 1. The Labute approximate surface area is 109 Å². The van der Waals surface area contributed by atoms with E-state index in [-0.39, 0.29) is 0 Å². The predicted octanol–water partition coefficient (Wildman–Crippen LogP) is 1.01. The fraction of sp³-hybridized carbons (Fsp3) is 0.846. The average Bonchev–Trinajstić information content (AvgIpc) is 3.02. The molecule has 0 spiro atoms. The van der Waals surface area contributed by atoms with Crippen molar-refractivity contribution in [2.75, 3.05) is 13.1 Å². The third-order valence-electron chi connectivity index (χ3n) is 4.41. The van der Waals surface area contributed by atoms with Gasteiger partial charge in [0, 0.05) is 25.2 Å². The van der Waals surface area contributed by atoms with Gasteiger partial charge in [-0.15, -0.1) is 10.2 Å². The summed E-state index contributed by atoms with van der Waals surface area (Å²) < 4.78 is 2.11. The number of hydrogen-bond donors (Lipinski definition) is 1. The van der Waals surface area contributed by atoms with Gasteiger partial charge in [0.05, 0.1) is 6.54 Å². The smallest absolute Gasteiger partial charge is 0.146 e. The average molecular weight is 249 g/mol. The molecule has 2 aliphatic rings. The first-order valence-electron chi connectivity index (χ1n) is 7.22. The second-order valence-corrected chi connectivity index (χ2v) is 5.41. The van der Waals surface area contributed by atoms with E-state index in [1.807, 2.05) is 6.33 Å². The van der Waals surface area contributed by atoms with Crippen molar-refractivity contribution < 1.29 is 0 Å². The van der Waals surface area contributed by atoms with Crippen LogP contribution in [0.2, 0.25) is 0 Å². The van der Waals surface area contributed by atoms with Crippen LogP contribution in [0.3, 0.4) is 0 Å². The highest BCUT2D eigenvalue weighted by Gasteiger charge is 2.35. The third-order valence-corrected chi connectivity index (χ3v) is 4.41. The molecule has 2 aliphatic heterocycles. The number of nitrogens with one attached hydrogen (secondary N) is 1. The van der Waals surface area contributed by atoms with Crippen LogP contribution in [-0.4, -0.2) is 44.8 Å². The van der Waals surface area contributed by atoms with E-state index in [1.54, 1.807) is 0 Å². The first-order valence-corrected chi connectivity index (χ1v) is 7.22. The molecule has 100 valence electrons. The van der Waals surface area contributed by atoms with Gasteiger partial charge in [-0.2, -0.15) is 0 Å². The minimum atomic E-state index is 0.646. The van der Waals surface area contributed by atoms with Gasteiger partial charge in [-0.3, -0.25) is 4.90 Å². The van der Waals surface area contributed by atoms with Crippen LogP contribution in [0.15, 0.2) is 6.33 Å². The zero-order chi connectivity index (χ0) is 12.4. The van der Waals surface area contributed by atoms with Crippen LogP contribution in [0.1, 0.15) is 38.4 Å². The molecular formula is C13H23N5. The molecule has 0 saturated carbocycles. The number of hydrogen-bond acceptors (Lipinski definition) is 4. The highest BCUT2D eigenvalue weighted by molar-refractivity contribution is 4.95. The Morgan fingerprint density at radius 1 is 1.33 bits per heavy atom. The second kappa shape index (κ2) is 5.36. The third kappa shape index (κ3) is 2.29. The lowest BCUT2D eigenvalue weighted by Crippen LogP contribution is -2.44. The largest absolute Gasteiger partial charge is 0.317 e. The highest BCUT2D eigenvalue weighted by atomic mass is 15.3. The van der Waals surface area contributed by atoms with E-state index < -0.39 is 0 Å². The topological polar surface area (TPSA) is 46.0 Å². The molecule has 1 N–H and O–H groups in total. The van der Waals surface area contributed by atoms with Gasteiger partial charge in [-0.05, 0) is 32.7 Å². The Morgan fingerprint density at radius 3 is 3.17 bits per heavy atom. The number of fused-ring (bicyclic) bond motifs is 1. The van der Waals surface area contributed by atoms with Crippen molar-refractivity contribution in [2.45, 2.75) is 57.8 Å². The lowest BCUT2D eigenvalue weighted by Gasteiger charge is -2.32. The molecule has 0 aromatic carbocycles. The van der Waals surface area contributed by atoms with E-state index >= 15 is 0 Å². The molecule has 1 aromatic rings. The quantitative estimate of drug-likeness (QED) is 0.865. The van der Waals surface area contributed by atoms with Crippen LogP contribution in [0.4, 0.5) is 0 Å². The van der Waals surface area contributed by atoms with Crippen molar-refractivity contribution in [3.63, 3.8) is 0 Å². The minimum Gasteiger partial charge on any atom is -0.317 e. The van der Waals surface area contributed by atoms with E-state index in [2.05, 4.69) is 31.9 Å². The zero-order valence-electron chi connectivity index (χ0n) is 11.2. The molecule has 3 heterocycles. The molecule has 0 bridgehead atoms. The van der Waals surface area contributed by atoms with Gasteiger partial charge in [0.2, 0.25) is 0 Å². The summed E-state index contributed by atoms with van der Waals surface area (Å²) in [6.07, 6.45) is 7.24. The fourth-order valence-electron chi connectivity index (χ4n) is 3.39. The van der Waals surface area contributed by atoms with Gasteiger partial charge in [-0.25, -0.2) is 0 Å². The fourth-order valence-corrected chi connectivity index (χ4v) is 3.39. The van der Waals surface area contributed by atoms with Crippen LogP contribution < -0.4 is 5.32 Å². The Morgan fingerprint density at radius 2 is 2.28 bits per heavy atom. The lowest BCUT2D eigenvalue weighted by atomic mass is 9.99. The van der Waals surface area contributed by atoms with Crippen LogP contribution in [-0.2, 0) is 13.1 Å². The molecule has 5 heteroatoms. The molecule has 2 saturated heterocycles. The molecule has 0 radical (unpaired) electrons. The zero-order valence-corrected chi connectivity index (χ0v) is 11.2. The summed E-state index contributed by atoms with van der Waals surface area (Å²) in [4.78, 5) is 2.66. The number of rotatable bonds is 4. The monoisotopic (exact) mass is 249 g/mol. The summed E-state index contributed by atoms with van der Waals surface area (Å²) in [6, 6.07) is 1.41. The molecule has 18 heavy (non-hydrogen) atoms. The Balaban J connectivity index is 1.57. The van der Waals surface area contributed by atoms with Gasteiger partial charge < -0.3 is 9.88 Å². The lowest BCUT2D eigenvalue weighted by molar-refractivity contribution is 0.180. The van der Waals surface area contributed by atoms with E-state index in [4.69, 9.17) is 0 Å². The highest BCUT2D eigenvalue weighted by Crippen LogP contribution is 2.27. The van der Waals surface area contributed by atoms with Crippen molar-refractivity contribution >= 4 is 0 Å². The molecule has 2 fully saturated rings. The van der Waals surface area contributed by atoms with Crippen molar-refractivity contribution in [3.05, 3.63) is 12.2 Å². The Bertz CT molecular complexity index is 388. The minimum absolute atomic E-state index is 0.646. The van der Waals surface area contributed by atoms with E-state index in [0.29, 0.717) is 6.04 Å². The maximum Gasteiger partial charge on any atom is 0.146 e. The molecule has 0 amide bonds. The summed E-state index contributed by atoms with van der Waals surface area (Å²) in [5.41, 5.74) is 0. The second-order valence-electron chi connectivity index (χ2n) is 5.41. The molecule has 5 nitrogen and oxygen atoms in total. The van der Waals surface area contributed by atoms with Gasteiger partial charge in [0.15, 0.2) is 0 Å². The van der Waals surface area contributed by atoms with Crippen LogP contribution >= 0.6 is 0 Å². The predicted molar refractivity (Wildman–Crippen MR) is 70.2 cm³/mol. The maximum atomic E-state index is 4.19. The van der Waals surface area contributed by atoms with Gasteiger partial charge >= 0.3 is 0 Å². The van der Waals surface area contributed by atoms with E-state index in [1.165, 1.54) is 38.8 Å². The Hall–Kier alpha value is -0.940. The molecule has 3 rings (SSSR count). The van der Waals surface area contributed by atoms with Crippen LogP contribution in [0.25, 0.3) is 0 Å². The van der Waals surface area contributed by atoms with Crippen molar-refractivity contribution in [2.24, 2.45) is 0 Å². The van der Waals surface area contributed by atoms with Gasteiger partial charge in [0.1, 0.15) is 12.2 Å². The molecule has 2 atom stereocenters. The van der Waals surface area contributed by atoms with Crippen molar-refractivity contribution in [1.29, 1.82) is 0 Å². The molecular weight excluding hydrogens is 226 g/mol. The summed E-state index contributed by atoms with van der Waals surface area (Å²) in [6.45, 7) is 6.50. The Kier molecular flexibility index (Phi) is 3.61. The van der Waals surface area contributed by atoms with Crippen LogP contribution in [0, 0.1) is 0 Å². The molecule has 2 unspecified atom stereocenters. The molecule has 1 aromatic heterocycles. The summed E-state index contributed by atoms with van der Waals surface area (Å²) in [5.74, 6) is 1.06. The number of nitrogens with zero attached hydrogens (tertiary/aromatic N) is 4. The summed E-state index contributed by atoms with van der Waals surface area (Å²) in [7, 11) is 0. The van der Waals surface area contributed by atoms with E-state index in [9.17, 15) is 0 Å². The first-order chi connectivity index (χ1) is 8.88. The van der Waals surface area contributed by atoms with Crippen molar-refractivity contribution in [3.8, 4) is 0 Å².